The molecular formula is C39H38BrClN4O6S. The second-order valence-electron chi connectivity index (χ2n) is 15.6. The van der Waals surface area contributed by atoms with Crippen LogP contribution in [0.4, 0.5) is 5.82 Å². The molecule has 0 spiro atoms. The molecule has 4 aromatic rings. The van der Waals surface area contributed by atoms with Crippen molar-refractivity contribution in [3.63, 3.8) is 0 Å². The van der Waals surface area contributed by atoms with Crippen molar-refractivity contribution >= 4 is 78.4 Å². The van der Waals surface area contributed by atoms with E-state index in [1.165, 1.54) is 16.9 Å². The third-order valence-electron chi connectivity index (χ3n) is 11.8. The minimum Gasteiger partial charge on any atom is -0.503 e. The molecular weight excluding hydrogens is 768 g/mol. The van der Waals surface area contributed by atoms with Gasteiger partial charge in [-0.2, -0.15) is 5.10 Å². The summed E-state index contributed by atoms with van der Waals surface area (Å²) in [5.41, 5.74) is 1.15. The highest BCUT2D eigenvalue weighted by atomic mass is 79.9. The number of hydrogen-bond donors (Lipinski definition) is 1. The molecule has 6 atom stereocenters. The van der Waals surface area contributed by atoms with Crippen molar-refractivity contribution in [2.75, 3.05) is 12.0 Å². The molecule has 0 bridgehead atoms. The van der Waals surface area contributed by atoms with Crippen LogP contribution in [0.5, 0.6) is 11.5 Å². The molecule has 2 aromatic heterocycles. The Labute approximate surface area is 318 Å². The number of carbonyl (C=O) groups excluding carboxylic acids is 4. The molecule has 1 saturated carbocycles. The summed E-state index contributed by atoms with van der Waals surface area (Å²) >= 11 is 11.4. The number of aromatic nitrogens is 2. The second-order valence-corrected chi connectivity index (χ2v) is 17.9. The average Bonchev–Trinajstić information content (AvgIpc) is 3.75. The van der Waals surface area contributed by atoms with Crippen molar-refractivity contribution in [2.45, 2.75) is 58.9 Å². The Bertz CT molecular complexity index is 2310. The maximum atomic E-state index is 15.1. The third kappa shape index (κ3) is 4.75. The van der Waals surface area contributed by atoms with Crippen molar-refractivity contribution in [1.29, 1.82) is 0 Å². The van der Waals surface area contributed by atoms with E-state index in [0.717, 1.165) is 26.1 Å². The van der Waals surface area contributed by atoms with Crippen LogP contribution in [0.2, 0.25) is 5.02 Å². The lowest BCUT2D eigenvalue weighted by atomic mass is 9.51. The number of anilines is 1. The summed E-state index contributed by atoms with van der Waals surface area (Å²) in [6, 6.07) is 11.0. The molecule has 0 unspecified atom stereocenters. The van der Waals surface area contributed by atoms with Gasteiger partial charge in [0.25, 0.3) is 0 Å². The van der Waals surface area contributed by atoms with Crippen molar-refractivity contribution < 1.29 is 29.0 Å². The number of methoxy groups -OCH3 is 1. The van der Waals surface area contributed by atoms with Crippen molar-refractivity contribution in [3.8, 4) is 22.1 Å². The number of fused-ring (bicyclic) bond motifs is 5. The molecule has 4 heterocycles. The number of phenolic OH excluding ortho intramolecular Hbond substituents is 1. The molecule has 13 heteroatoms. The number of likely N-dealkylation sites (tertiary alicyclic amines) is 1. The molecule has 10 nitrogen and oxygen atoms in total. The van der Waals surface area contributed by atoms with E-state index in [1.54, 1.807) is 41.3 Å². The van der Waals surface area contributed by atoms with Crippen molar-refractivity contribution in [2.24, 2.45) is 36.1 Å². The number of hydrogen-bond acceptors (Lipinski definition) is 8. The molecule has 4 aliphatic rings. The standard InChI is InChI=1S/C39H38BrClN4O6S/c1-17-22-14-19(41)8-11-28(22)52-33(17)26-16-29(43(6)42-26)44-35(48)24-15-23-20(9-10-21-30(23)36(49)45(34(21)47)38(2,3)4)31(39(24,5)37(44)50)18-12-25(40)32(46)27(13-18)51-7/h8-9,11-14,16,21,23-24,30-31,46H,10,15H2,1-7H3/t21-,23+,24-,30-,31-,39+/m0/s1. The van der Waals surface area contributed by atoms with Crippen molar-refractivity contribution in [3.05, 3.63) is 68.7 Å². The Morgan fingerprint density at radius 2 is 1.79 bits per heavy atom. The molecule has 4 amide bonds. The minimum absolute atomic E-state index is 0.0907. The van der Waals surface area contributed by atoms with Gasteiger partial charge in [0, 0.05) is 34.3 Å². The molecule has 1 N–H and O–H groups in total. The molecule has 2 aliphatic heterocycles. The Balaban J connectivity index is 1.27. The lowest BCUT2D eigenvalue weighted by Crippen LogP contribution is -2.49. The largest absolute Gasteiger partial charge is 0.503 e. The molecule has 8 rings (SSSR count). The number of rotatable bonds is 4. The normalized spacial score (nSPS) is 27.3. The zero-order chi connectivity index (χ0) is 37.3. The first-order chi connectivity index (χ1) is 24.5. The zero-order valence-corrected chi connectivity index (χ0v) is 32.9. The van der Waals surface area contributed by atoms with Gasteiger partial charge < -0.3 is 9.84 Å². The van der Waals surface area contributed by atoms with Gasteiger partial charge in [-0.15, -0.1) is 11.3 Å². The molecule has 2 aromatic carbocycles. The summed E-state index contributed by atoms with van der Waals surface area (Å²) in [6.07, 6.45) is 2.59. The third-order valence-corrected chi connectivity index (χ3v) is 13.9. The van der Waals surface area contributed by atoms with Gasteiger partial charge in [-0.25, -0.2) is 4.90 Å². The topological polar surface area (TPSA) is 122 Å². The van der Waals surface area contributed by atoms with Crippen LogP contribution in [0.3, 0.4) is 0 Å². The first-order valence-corrected chi connectivity index (χ1v) is 19.2. The average molecular weight is 806 g/mol. The van der Waals surface area contributed by atoms with Gasteiger partial charge in [-0.3, -0.25) is 28.8 Å². The van der Waals surface area contributed by atoms with E-state index in [2.05, 4.69) is 15.9 Å². The van der Waals surface area contributed by atoms with Crippen LogP contribution in [0.15, 0.2) is 52.5 Å². The molecule has 270 valence electrons. The van der Waals surface area contributed by atoms with E-state index >= 15 is 4.79 Å². The van der Waals surface area contributed by atoms with Crippen LogP contribution in [-0.2, 0) is 26.2 Å². The van der Waals surface area contributed by atoms with Crippen molar-refractivity contribution in [1.82, 2.24) is 14.7 Å². The van der Waals surface area contributed by atoms with Gasteiger partial charge in [0.2, 0.25) is 23.6 Å². The number of benzene rings is 2. The quantitative estimate of drug-likeness (QED) is 0.165. The number of aromatic hydroxyl groups is 1. The molecule has 0 radical (unpaired) electrons. The van der Waals surface area contributed by atoms with Gasteiger partial charge in [-0.1, -0.05) is 23.3 Å². The van der Waals surface area contributed by atoms with Gasteiger partial charge in [0.15, 0.2) is 11.5 Å². The minimum atomic E-state index is -1.28. The predicted octanol–water partition coefficient (Wildman–Crippen LogP) is 7.77. The number of imide groups is 2. The number of allylic oxidation sites excluding steroid dienone is 2. The number of ether oxygens (including phenoxy) is 1. The summed E-state index contributed by atoms with van der Waals surface area (Å²) in [6.45, 7) is 9.39. The van der Waals surface area contributed by atoms with E-state index in [0.29, 0.717) is 33.0 Å². The highest BCUT2D eigenvalue weighted by Gasteiger charge is 2.68. The lowest BCUT2D eigenvalue weighted by molar-refractivity contribution is -0.145. The Morgan fingerprint density at radius 3 is 2.48 bits per heavy atom. The SMILES string of the molecule is COc1cc([C@H]2C3=CC[C@@H]4C(=O)N(C(C)(C)C)C(=O)[C@@H]4[C@@H]3C[C@H]3C(=O)N(c4cc(-c5sc6ccc(Cl)cc6c5C)nn4C)C(=O)[C@@]23C)cc(Br)c1O. The number of amides is 4. The fourth-order valence-corrected chi connectivity index (χ4v) is 11.2. The summed E-state index contributed by atoms with van der Waals surface area (Å²) in [7, 11) is 3.17. The van der Waals surface area contributed by atoms with Gasteiger partial charge >= 0.3 is 0 Å². The summed E-state index contributed by atoms with van der Waals surface area (Å²) in [5.74, 6) is -3.89. The smallest absolute Gasteiger partial charge is 0.242 e. The van der Waals surface area contributed by atoms with Crippen LogP contribution >= 0.6 is 38.9 Å². The Morgan fingerprint density at radius 1 is 1.06 bits per heavy atom. The molecule has 3 fully saturated rings. The number of nitrogens with zero attached hydrogens (tertiary/aromatic N) is 4. The van der Waals surface area contributed by atoms with E-state index in [9.17, 15) is 19.5 Å². The maximum Gasteiger partial charge on any atom is 0.242 e. The summed E-state index contributed by atoms with van der Waals surface area (Å²) in [5, 5.41) is 17.2. The van der Waals surface area contributed by atoms with Gasteiger partial charge in [0.1, 0.15) is 11.5 Å². The first-order valence-electron chi connectivity index (χ1n) is 17.2. The Kier molecular flexibility index (Phi) is 7.92. The number of aryl methyl sites for hydroxylation is 2. The van der Waals surface area contributed by atoms with Crippen LogP contribution in [0.25, 0.3) is 20.7 Å². The van der Waals surface area contributed by atoms with Gasteiger partial charge in [0.05, 0.1) is 39.6 Å². The highest BCUT2D eigenvalue weighted by Crippen LogP contribution is 2.64. The van der Waals surface area contributed by atoms with E-state index < -0.39 is 40.5 Å². The fraction of sp³-hybridized carbons (Fsp3) is 0.410. The maximum absolute atomic E-state index is 15.1. The van der Waals surface area contributed by atoms with E-state index in [4.69, 9.17) is 21.4 Å². The fourth-order valence-electron chi connectivity index (χ4n) is 9.41. The highest BCUT2D eigenvalue weighted by molar-refractivity contribution is 9.10. The summed E-state index contributed by atoms with van der Waals surface area (Å²) < 4.78 is 8.53. The number of phenols is 1. The molecule has 52 heavy (non-hydrogen) atoms. The number of carbonyl (C=O) groups is 4. The molecule has 2 aliphatic carbocycles. The number of halogens is 2. The zero-order valence-electron chi connectivity index (χ0n) is 29.8. The van der Waals surface area contributed by atoms with Crippen LogP contribution < -0.4 is 9.64 Å². The van der Waals surface area contributed by atoms with Crippen LogP contribution in [-0.4, -0.2) is 56.1 Å². The predicted molar refractivity (Wildman–Crippen MR) is 202 cm³/mol. The monoisotopic (exact) mass is 804 g/mol. The number of thiophene rings is 1. The lowest BCUT2D eigenvalue weighted by Gasteiger charge is -2.49. The van der Waals surface area contributed by atoms with E-state index in [1.807, 2.05) is 58.9 Å². The Hall–Kier alpha value is -4.00. The van der Waals surface area contributed by atoms with Crippen LogP contribution in [0, 0.1) is 36.0 Å². The van der Waals surface area contributed by atoms with Crippen LogP contribution in [0.1, 0.15) is 57.6 Å². The van der Waals surface area contributed by atoms with Gasteiger partial charge in [-0.05, 0) is 116 Å². The molecule has 2 saturated heterocycles. The second kappa shape index (κ2) is 11.8. The summed E-state index contributed by atoms with van der Waals surface area (Å²) in [4.78, 5) is 61.5. The first kappa shape index (κ1) is 35.1. The van der Waals surface area contributed by atoms with E-state index in [-0.39, 0.29) is 41.5 Å².